The van der Waals surface area contributed by atoms with Crippen LogP contribution in [0.25, 0.3) is 0 Å². The lowest BCUT2D eigenvalue weighted by Gasteiger charge is -2.16. The Morgan fingerprint density at radius 1 is 1.16 bits per heavy atom. The first-order chi connectivity index (χ1) is 9.03. The summed E-state index contributed by atoms with van der Waals surface area (Å²) in [5.41, 5.74) is 2.38. The maximum Gasteiger partial charge on any atom is 0.246 e. The van der Waals surface area contributed by atoms with Crippen LogP contribution < -0.4 is 14.8 Å². The van der Waals surface area contributed by atoms with E-state index in [9.17, 15) is 0 Å². The lowest BCUT2D eigenvalue weighted by atomic mass is 10.2. The van der Waals surface area contributed by atoms with Crippen molar-refractivity contribution in [2.45, 2.75) is 33.1 Å². The third-order valence-corrected chi connectivity index (χ3v) is 4.10. The number of rotatable bonds is 3. The Morgan fingerprint density at radius 2 is 1.95 bits per heavy atom. The zero-order valence-electron chi connectivity index (χ0n) is 11.3. The molecule has 4 heteroatoms. The van der Waals surface area contributed by atoms with Crippen molar-refractivity contribution in [2.24, 2.45) is 0 Å². The summed E-state index contributed by atoms with van der Waals surface area (Å²) >= 11 is 1.78. The first-order valence-electron chi connectivity index (χ1n) is 6.32. The van der Waals surface area contributed by atoms with E-state index in [2.05, 4.69) is 23.7 Å². The van der Waals surface area contributed by atoms with Crippen molar-refractivity contribution >= 4 is 17.0 Å². The summed E-state index contributed by atoms with van der Waals surface area (Å²) in [6.07, 6.45) is 0. The fraction of sp³-hybridized carbons (Fsp3) is 0.333. The molecule has 2 aromatic rings. The van der Waals surface area contributed by atoms with Crippen molar-refractivity contribution in [3.8, 4) is 11.5 Å². The van der Waals surface area contributed by atoms with Gasteiger partial charge in [-0.2, -0.15) is 0 Å². The Labute approximate surface area is 117 Å². The molecule has 0 bridgehead atoms. The van der Waals surface area contributed by atoms with E-state index in [4.69, 9.17) is 9.47 Å². The first-order valence-corrected chi connectivity index (χ1v) is 7.20. The van der Waals surface area contributed by atoms with E-state index >= 15 is 0 Å². The van der Waals surface area contributed by atoms with Crippen LogP contribution in [0.4, 0.5) is 5.69 Å². The summed E-state index contributed by atoms with van der Waals surface area (Å²) in [4.78, 5) is 1.36. The number of ether oxygens (including phenoxy) is 2. The maximum atomic E-state index is 5.74. The number of hydrogen-bond donors (Lipinski definition) is 1. The normalized spacial score (nSPS) is 15.5. The standard InChI is InChI=1S/C15H17NO2S/c1-10-6-7-19-14(10)9-16-11-4-5-12-13(8-11)18-15(2,3)17-12/h4-8,16H,9H2,1-3H3. The molecular formula is C15H17NO2S. The predicted molar refractivity (Wildman–Crippen MR) is 78.2 cm³/mol. The number of nitrogens with one attached hydrogen (secondary N) is 1. The number of thiophene rings is 1. The number of benzene rings is 1. The SMILES string of the molecule is Cc1ccsc1CNc1ccc2c(c1)OC(C)(C)O2. The second-order valence-corrected chi connectivity index (χ2v) is 6.15. The average Bonchev–Trinajstić information content (AvgIpc) is 2.87. The molecule has 1 aromatic heterocycles. The summed E-state index contributed by atoms with van der Waals surface area (Å²) < 4.78 is 11.4. The highest BCUT2D eigenvalue weighted by molar-refractivity contribution is 7.10. The van der Waals surface area contributed by atoms with Crippen LogP contribution >= 0.6 is 11.3 Å². The van der Waals surface area contributed by atoms with Crippen LogP contribution in [-0.2, 0) is 6.54 Å². The lowest BCUT2D eigenvalue weighted by molar-refractivity contribution is -0.0431. The molecule has 1 aliphatic heterocycles. The maximum absolute atomic E-state index is 5.74. The minimum Gasteiger partial charge on any atom is -0.449 e. The molecule has 2 heterocycles. The Morgan fingerprint density at radius 3 is 2.68 bits per heavy atom. The Bertz CT molecular complexity index is 604. The summed E-state index contributed by atoms with van der Waals surface area (Å²) in [5, 5.41) is 5.54. The fourth-order valence-electron chi connectivity index (χ4n) is 2.10. The van der Waals surface area contributed by atoms with Crippen molar-refractivity contribution in [2.75, 3.05) is 5.32 Å². The summed E-state index contributed by atoms with van der Waals surface area (Å²) in [5.74, 6) is 1.05. The van der Waals surface area contributed by atoms with Gasteiger partial charge in [-0.25, -0.2) is 0 Å². The monoisotopic (exact) mass is 275 g/mol. The smallest absolute Gasteiger partial charge is 0.246 e. The molecule has 0 spiro atoms. The summed E-state index contributed by atoms with van der Waals surface area (Å²) in [6, 6.07) is 8.11. The van der Waals surface area contributed by atoms with Crippen LogP contribution in [-0.4, -0.2) is 5.79 Å². The molecule has 100 valence electrons. The highest BCUT2D eigenvalue weighted by Gasteiger charge is 2.31. The van der Waals surface area contributed by atoms with Crippen LogP contribution in [0, 0.1) is 6.92 Å². The minimum absolute atomic E-state index is 0.564. The molecule has 0 saturated heterocycles. The summed E-state index contributed by atoms with van der Waals surface area (Å²) in [7, 11) is 0. The molecule has 1 aliphatic rings. The molecule has 0 aliphatic carbocycles. The quantitative estimate of drug-likeness (QED) is 0.911. The zero-order valence-corrected chi connectivity index (χ0v) is 12.1. The second-order valence-electron chi connectivity index (χ2n) is 5.15. The first kappa shape index (κ1) is 12.4. The van der Waals surface area contributed by atoms with Gasteiger partial charge in [-0.3, -0.25) is 0 Å². The number of fused-ring (bicyclic) bond motifs is 1. The second kappa shape index (κ2) is 4.46. The molecule has 3 rings (SSSR count). The molecule has 0 fully saturated rings. The Balaban J connectivity index is 1.72. The third-order valence-electron chi connectivity index (χ3n) is 3.08. The molecule has 3 nitrogen and oxygen atoms in total. The van der Waals surface area contributed by atoms with Gasteiger partial charge in [0.2, 0.25) is 5.79 Å². The van der Waals surface area contributed by atoms with Gasteiger partial charge in [-0.05, 0) is 36.1 Å². The van der Waals surface area contributed by atoms with Crippen molar-refractivity contribution in [1.29, 1.82) is 0 Å². The van der Waals surface area contributed by atoms with Gasteiger partial charge in [-0.1, -0.05) is 0 Å². The van der Waals surface area contributed by atoms with Crippen LogP contribution in [0.2, 0.25) is 0 Å². The van der Waals surface area contributed by atoms with Gasteiger partial charge in [0.05, 0.1) is 0 Å². The molecule has 0 unspecified atom stereocenters. The minimum atomic E-state index is -0.564. The van der Waals surface area contributed by atoms with Crippen molar-refractivity contribution in [1.82, 2.24) is 0 Å². The molecule has 1 aromatic carbocycles. The number of aryl methyl sites for hydroxylation is 1. The van der Waals surface area contributed by atoms with Crippen LogP contribution in [0.3, 0.4) is 0 Å². The average molecular weight is 275 g/mol. The van der Waals surface area contributed by atoms with Gasteiger partial charge >= 0.3 is 0 Å². The van der Waals surface area contributed by atoms with Gasteiger partial charge in [0, 0.05) is 37.0 Å². The van der Waals surface area contributed by atoms with E-state index in [1.54, 1.807) is 11.3 Å². The van der Waals surface area contributed by atoms with Crippen molar-refractivity contribution in [3.05, 3.63) is 40.1 Å². The Kier molecular flexibility index (Phi) is 2.90. The molecule has 19 heavy (non-hydrogen) atoms. The topological polar surface area (TPSA) is 30.5 Å². The lowest BCUT2D eigenvalue weighted by Crippen LogP contribution is -2.29. The fourth-order valence-corrected chi connectivity index (χ4v) is 2.95. The van der Waals surface area contributed by atoms with Crippen molar-refractivity contribution < 1.29 is 9.47 Å². The van der Waals surface area contributed by atoms with Crippen LogP contribution in [0.5, 0.6) is 11.5 Å². The molecule has 0 atom stereocenters. The molecule has 0 amide bonds. The van der Waals surface area contributed by atoms with Gasteiger partial charge in [0.25, 0.3) is 0 Å². The highest BCUT2D eigenvalue weighted by Crippen LogP contribution is 2.40. The van der Waals surface area contributed by atoms with Crippen LogP contribution in [0.1, 0.15) is 24.3 Å². The molecule has 0 radical (unpaired) electrons. The van der Waals surface area contributed by atoms with E-state index < -0.39 is 5.79 Å². The van der Waals surface area contributed by atoms with E-state index in [0.717, 1.165) is 23.7 Å². The summed E-state index contributed by atoms with van der Waals surface area (Å²) in [6.45, 7) is 6.80. The van der Waals surface area contributed by atoms with Gasteiger partial charge in [0.15, 0.2) is 11.5 Å². The van der Waals surface area contributed by atoms with Gasteiger partial charge in [0.1, 0.15) is 0 Å². The van der Waals surface area contributed by atoms with Crippen molar-refractivity contribution in [3.63, 3.8) is 0 Å². The van der Waals surface area contributed by atoms with E-state index in [0.29, 0.717) is 0 Å². The largest absolute Gasteiger partial charge is 0.449 e. The van der Waals surface area contributed by atoms with Gasteiger partial charge < -0.3 is 14.8 Å². The third kappa shape index (κ3) is 2.54. The Hall–Kier alpha value is -1.68. The van der Waals surface area contributed by atoms with Crippen LogP contribution in [0.15, 0.2) is 29.6 Å². The molecule has 1 N–H and O–H groups in total. The van der Waals surface area contributed by atoms with E-state index in [-0.39, 0.29) is 0 Å². The van der Waals surface area contributed by atoms with E-state index in [1.807, 2.05) is 32.0 Å². The number of hydrogen-bond acceptors (Lipinski definition) is 4. The zero-order chi connectivity index (χ0) is 13.5. The number of anilines is 1. The molecule has 0 saturated carbocycles. The molecular weight excluding hydrogens is 258 g/mol. The van der Waals surface area contributed by atoms with E-state index in [1.165, 1.54) is 10.4 Å². The highest BCUT2D eigenvalue weighted by atomic mass is 32.1. The van der Waals surface area contributed by atoms with Gasteiger partial charge in [-0.15, -0.1) is 11.3 Å². The predicted octanol–water partition coefficient (Wildman–Crippen LogP) is 4.18.